The Morgan fingerprint density at radius 3 is 2.06 bits per heavy atom. The summed E-state index contributed by atoms with van der Waals surface area (Å²) >= 11 is 0. The van der Waals surface area contributed by atoms with Crippen LogP contribution >= 0.6 is 0 Å². The summed E-state index contributed by atoms with van der Waals surface area (Å²) in [5, 5.41) is 0. The Labute approximate surface area is 204 Å². The van der Waals surface area contributed by atoms with Gasteiger partial charge < -0.3 is 19.1 Å². The molecule has 2 aliphatic heterocycles. The quantitative estimate of drug-likeness (QED) is 0.489. The first-order chi connectivity index (χ1) is 17.2. The maximum atomic E-state index is 13.1. The second-order valence-corrected chi connectivity index (χ2v) is 8.60. The fraction of sp³-hybridized carbons (Fsp3) is 0.286. The van der Waals surface area contributed by atoms with Crippen molar-refractivity contribution in [1.29, 1.82) is 0 Å². The molecule has 3 aromatic carbocycles. The van der Waals surface area contributed by atoms with Crippen LogP contribution in [0.3, 0.4) is 0 Å². The number of hydrogen-bond acceptors (Lipinski definition) is 6. The lowest BCUT2D eigenvalue weighted by atomic mass is 9.88. The summed E-state index contributed by atoms with van der Waals surface area (Å²) in [7, 11) is 0. The number of amides is 1. The Balaban J connectivity index is 1.12. The molecule has 1 amide bonds. The summed E-state index contributed by atoms with van der Waals surface area (Å²) in [6.07, 6.45) is 0. The molecule has 0 N–H and O–H groups in total. The van der Waals surface area contributed by atoms with Crippen molar-refractivity contribution in [3.8, 4) is 17.2 Å². The van der Waals surface area contributed by atoms with Crippen LogP contribution in [0.2, 0.25) is 0 Å². The number of carbonyl (C=O) groups is 2. The third kappa shape index (κ3) is 5.30. The maximum absolute atomic E-state index is 13.1. The summed E-state index contributed by atoms with van der Waals surface area (Å²) in [5.74, 6) is 0.882. The Hall–Kier alpha value is -3.84. The number of rotatable bonds is 7. The van der Waals surface area contributed by atoms with E-state index in [9.17, 15) is 9.59 Å². The molecular weight excluding hydrogens is 444 g/mol. The van der Waals surface area contributed by atoms with Crippen molar-refractivity contribution >= 4 is 11.9 Å². The highest BCUT2D eigenvalue weighted by molar-refractivity contribution is 5.87. The van der Waals surface area contributed by atoms with Gasteiger partial charge in [0.15, 0.2) is 6.61 Å². The number of piperazine rings is 1. The average Bonchev–Trinajstić information content (AvgIpc) is 2.91. The first kappa shape index (κ1) is 22.9. The monoisotopic (exact) mass is 472 g/mol. The largest absolute Gasteiger partial charge is 0.492 e. The van der Waals surface area contributed by atoms with E-state index in [-0.39, 0.29) is 12.5 Å². The lowest BCUT2D eigenvalue weighted by Gasteiger charge is -2.34. The fourth-order valence-electron chi connectivity index (χ4n) is 4.50. The molecule has 0 bridgehead atoms. The van der Waals surface area contributed by atoms with Gasteiger partial charge in [-0.05, 0) is 24.3 Å². The molecule has 0 unspecified atom stereocenters. The first-order valence-electron chi connectivity index (χ1n) is 11.9. The van der Waals surface area contributed by atoms with Crippen LogP contribution in [-0.4, -0.2) is 67.6 Å². The number of ether oxygens (including phenoxy) is 3. The number of fused-ring (bicyclic) bond motifs is 2. The van der Waals surface area contributed by atoms with Crippen molar-refractivity contribution < 1.29 is 23.8 Å². The predicted molar refractivity (Wildman–Crippen MR) is 131 cm³/mol. The van der Waals surface area contributed by atoms with E-state index in [0.29, 0.717) is 31.2 Å². The smallest absolute Gasteiger partial charge is 0.318 e. The van der Waals surface area contributed by atoms with Gasteiger partial charge in [0.25, 0.3) is 5.91 Å². The fourth-order valence-corrected chi connectivity index (χ4v) is 4.50. The second-order valence-electron chi connectivity index (χ2n) is 8.60. The van der Waals surface area contributed by atoms with Crippen LogP contribution in [0.15, 0.2) is 78.9 Å². The Bertz CT molecular complexity index is 1130. The van der Waals surface area contributed by atoms with E-state index in [1.165, 1.54) is 0 Å². The van der Waals surface area contributed by atoms with Gasteiger partial charge in [-0.3, -0.25) is 14.5 Å². The van der Waals surface area contributed by atoms with Crippen LogP contribution in [0.5, 0.6) is 17.2 Å². The molecule has 0 aromatic heterocycles. The van der Waals surface area contributed by atoms with E-state index in [0.717, 1.165) is 36.5 Å². The van der Waals surface area contributed by atoms with E-state index >= 15 is 0 Å². The predicted octanol–water partition coefficient (Wildman–Crippen LogP) is 3.69. The zero-order valence-corrected chi connectivity index (χ0v) is 19.5. The standard InChI is InChI=1S/C28H28N2O5/c31-26(30-16-14-29(15-17-30)18-19-33-21-8-2-1-3-9-21)20-34-28(32)27-22-10-4-6-12-24(22)35-25-13-7-5-11-23(25)27/h1-13,27H,14-20H2. The van der Waals surface area contributed by atoms with Gasteiger partial charge in [0, 0.05) is 43.9 Å². The van der Waals surface area contributed by atoms with Crippen molar-refractivity contribution in [2.75, 3.05) is 45.9 Å². The van der Waals surface area contributed by atoms with Crippen LogP contribution < -0.4 is 9.47 Å². The number of carbonyl (C=O) groups excluding carboxylic acids is 2. The summed E-state index contributed by atoms with van der Waals surface area (Å²) in [5.41, 5.74) is 1.49. The van der Waals surface area contributed by atoms with Crippen LogP contribution in [0.25, 0.3) is 0 Å². The van der Waals surface area contributed by atoms with E-state index < -0.39 is 11.9 Å². The van der Waals surface area contributed by atoms with Crippen LogP contribution in [0.1, 0.15) is 17.0 Å². The molecule has 0 radical (unpaired) electrons. The molecule has 1 saturated heterocycles. The molecule has 35 heavy (non-hydrogen) atoms. The van der Waals surface area contributed by atoms with Crippen LogP contribution in [-0.2, 0) is 14.3 Å². The van der Waals surface area contributed by atoms with Crippen molar-refractivity contribution in [1.82, 2.24) is 9.80 Å². The molecule has 7 nitrogen and oxygen atoms in total. The highest BCUT2D eigenvalue weighted by Gasteiger charge is 2.34. The summed E-state index contributed by atoms with van der Waals surface area (Å²) in [6, 6.07) is 24.6. The number of para-hydroxylation sites is 3. The third-order valence-electron chi connectivity index (χ3n) is 6.40. The molecule has 5 rings (SSSR count). The number of hydrogen-bond donors (Lipinski definition) is 0. The van der Waals surface area contributed by atoms with E-state index in [1.54, 1.807) is 4.90 Å². The minimum atomic E-state index is -0.620. The molecule has 3 aromatic rings. The van der Waals surface area contributed by atoms with Crippen LogP contribution in [0.4, 0.5) is 0 Å². The Morgan fingerprint density at radius 2 is 1.40 bits per heavy atom. The van der Waals surface area contributed by atoms with Crippen molar-refractivity contribution in [3.63, 3.8) is 0 Å². The molecule has 2 heterocycles. The summed E-state index contributed by atoms with van der Waals surface area (Å²) < 4.78 is 17.2. The summed E-state index contributed by atoms with van der Waals surface area (Å²) in [6.45, 7) is 3.86. The molecule has 0 saturated carbocycles. The van der Waals surface area contributed by atoms with Gasteiger partial charge in [0.2, 0.25) is 0 Å². The zero-order valence-electron chi connectivity index (χ0n) is 19.5. The third-order valence-corrected chi connectivity index (χ3v) is 6.40. The molecular formula is C28H28N2O5. The molecule has 7 heteroatoms. The minimum absolute atomic E-state index is 0.174. The molecule has 2 aliphatic rings. The highest BCUT2D eigenvalue weighted by Crippen LogP contribution is 2.44. The second kappa shape index (κ2) is 10.6. The molecule has 0 atom stereocenters. The highest BCUT2D eigenvalue weighted by atomic mass is 16.5. The van der Waals surface area contributed by atoms with Gasteiger partial charge in [-0.15, -0.1) is 0 Å². The van der Waals surface area contributed by atoms with E-state index in [1.807, 2.05) is 78.9 Å². The van der Waals surface area contributed by atoms with Gasteiger partial charge in [-0.25, -0.2) is 0 Å². The lowest BCUT2D eigenvalue weighted by Crippen LogP contribution is -2.50. The van der Waals surface area contributed by atoms with Gasteiger partial charge >= 0.3 is 5.97 Å². The van der Waals surface area contributed by atoms with E-state index in [2.05, 4.69) is 4.90 Å². The topological polar surface area (TPSA) is 68.3 Å². The first-order valence-corrected chi connectivity index (χ1v) is 11.9. The summed E-state index contributed by atoms with van der Waals surface area (Å²) in [4.78, 5) is 29.9. The van der Waals surface area contributed by atoms with Gasteiger partial charge in [-0.1, -0.05) is 54.6 Å². The molecule has 0 aliphatic carbocycles. The molecule has 0 spiro atoms. The van der Waals surface area contributed by atoms with Crippen molar-refractivity contribution in [2.45, 2.75) is 5.92 Å². The average molecular weight is 473 g/mol. The van der Waals surface area contributed by atoms with Crippen molar-refractivity contribution in [2.24, 2.45) is 0 Å². The minimum Gasteiger partial charge on any atom is -0.492 e. The molecule has 1 fully saturated rings. The number of benzene rings is 3. The molecule has 180 valence electrons. The van der Waals surface area contributed by atoms with E-state index in [4.69, 9.17) is 14.2 Å². The zero-order chi connectivity index (χ0) is 24.0. The normalized spacial score (nSPS) is 15.5. The van der Waals surface area contributed by atoms with Crippen LogP contribution in [0, 0.1) is 0 Å². The Morgan fingerprint density at radius 1 is 0.800 bits per heavy atom. The van der Waals surface area contributed by atoms with Crippen molar-refractivity contribution in [3.05, 3.63) is 90.0 Å². The SMILES string of the molecule is O=C(OCC(=O)N1CCN(CCOc2ccccc2)CC1)C1c2ccccc2Oc2ccccc21. The lowest BCUT2D eigenvalue weighted by molar-refractivity contribution is -0.153. The van der Waals surface area contributed by atoms with Gasteiger partial charge in [0.1, 0.15) is 29.8 Å². The maximum Gasteiger partial charge on any atom is 0.318 e. The number of nitrogens with zero attached hydrogens (tertiary/aromatic N) is 2. The van der Waals surface area contributed by atoms with Gasteiger partial charge in [-0.2, -0.15) is 0 Å². The Kier molecular flexibility index (Phi) is 6.95. The number of esters is 1. The van der Waals surface area contributed by atoms with Gasteiger partial charge in [0.05, 0.1) is 0 Å².